The largest absolute Gasteiger partial charge is 0.481 e. The Morgan fingerprint density at radius 3 is 2.21 bits per heavy atom. The number of carboxylic acids is 1. The molecule has 0 aromatic rings. The van der Waals surface area contributed by atoms with Crippen molar-refractivity contribution in [2.45, 2.75) is 103 Å². The van der Waals surface area contributed by atoms with Gasteiger partial charge in [-0.15, -0.1) is 0 Å². The van der Waals surface area contributed by atoms with Crippen LogP contribution in [0.3, 0.4) is 0 Å². The van der Waals surface area contributed by atoms with Crippen molar-refractivity contribution in [3.63, 3.8) is 0 Å². The number of hydrogen-bond acceptors (Lipinski definition) is 3. The number of unbranched alkanes of at least 4 members (excludes halogenated alkanes) is 7. The van der Waals surface area contributed by atoms with Crippen molar-refractivity contribution >= 4 is 11.9 Å². The molecule has 0 bridgehead atoms. The first-order valence-corrected chi connectivity index (χ1v) is 9.97. The third kappa shape index (κ3) is 8.70. The van der Waals surface area contributed by atoms with Crippen LogP contribution in [-0.4, -0.2) is 23.1 Å². The highest BCUT2D eigenvalue weighted by atomic mass is 16.5. The molecule has 0 amide bonds. The SMILES string of the molecule is CCCCCCCCCCC(C)OC(=O)C1CCCC(C(=O)O)C1. The van der Waals surface area contributed by atoms with Crippen LogP contribution in [-0.2, 0) is 14.3 Å². The predicted molar refractivity (Wildman–Crippen MR) is 95.9 cm³/mol. The van der Waals surface area contributed by atoms with Gasteiger partial charge in [-0.3, -0.25) is 9.59 Å². The van der Waals surface area contributed by atoms with Gasteiger partial charge in [-0.25, -0.2) is 0 Å². The zero-order chi connectivity index (χ0) is 17.8. The molecule has 1 N–H and O–H groups in total. The third-order valence-electron chi connectivity index (χ3n) is 5.14. The molecule has 0 aliphatic heterocycles. The summed E-state index contributed by atoms with van der Waals surface area (Å²) in [6.45, 7) is 4.19. The lowest BCUT2D eigenvalue weighted by Crippen LogP contribution is -2.30. The topological polar surface area (TPSA) is 63.6 Å². The summed E-state index contributed by atoms with van der Waals surface area (Å²) in [5.74, 6) is -1.56. The van der Waals surface area contributed by atoms with E-state index < -0.39 is 5.97 Å². The molecule has 4 nitrogen and oxygen atoms in total. The van der Waals surface area contributed by atoms with Gasteiger partial charge < -0.3 is 9.84 Å². The Morgan fingerprint density at radius 1 is 1.00 bits per heavy atom. The van der Waals surface area contributed by atoms with Crippen molar-refractivity contribution in [1.82, 2.24) is 0 Å². The summed E-state index contributed by atoms with van der Waals surface area (Å²) in [5.41, 5.74) is 0. The first-order valence-electron chi connectivity index (χ1n) is 9.97. The third-order valence-corrected chi connectivity index (χ3v) is 5.14. The number of aliphatic carboxylic acids is 1. The lowest BCUT2D eigenvalue weighted by Gasteiger charge is -2.26. The van der Waals surface area contributed by atoms with E-state index >= 15 is 0 Å². The molecule has 0 heterocycles. The Hall–Kier alpha value is -1.06. The van der Waals surface area contributed by atoms with Crippen molar-refractivity contribution in [1.29, 1.82) is 0 Å². The van der Waals surface area contributed by atoms with Crippen LogP contribution in [0.1, 0.15) is 97.3 Å². The van der Waals surface area contributed by atoms with Crippen molar-refractivity contribution in [2.75, 3.05) is 0 Å². The number of hydrogen-bond donors (Lipinski definition) is 1. The minimum atomic E-state index is -0.778. The number of ether oxygens (including phenoxy) is 1. The minimum absolute atomic E-state index is 0.0530. The highest BCUT2D eigenvalue weighted by Crippen LogP contribution is 2.30. The summed E-state index contributed by atoms with van der Waals surface area (Å²) >= 11 is 0. The molecule has 4 heteroatoms. The van der Waals surface area contributed by atoms with E-state index in [1.165, 1.54) is 44.9 Å². The first-order chi connectivity index (χ1) is 11.5. The molecule has 1 fully saturated rings. The lowest BCUT2D eigenvalue weighted by atomic mass is 9.81. The quantitative estimate of drug-likeness (QED) is 0.385. The maximum atomic E-state index is 12.2. The molecule has 0 saturated heterocycles. The zero-order valence-electron chi connectivity index (χ0n) is 15.6. The molecule has 1 saturated carbocycles. The molecular weight excluding hydrogens is 304 g/mol. The second-order valence-corrected chi connectivity index (χ2v) is 7.41. The second kappa shape index (κ2) is 12.3. The highest BCUT2D eigenvalue weighted by Gasteiger charge is 2.32. The zero-order valence-corrected chi connectivity index (χ0v) is 15.6. The first kappa shape index (κ1) is 21.0. The maximum absolute atomic E-state index is 12.2. The molecular formula is C20H36O4. The molecule has 0 aromatic heterocycles. The molecule has 0 radical (unpaired) electrons. The lowest BCUT2D eigenvalue weighted by molar-refractivity contribution is -0.156. The number of carbonyl (C=O) groups excluding carboxylic acids is 1. The van der Waals surface area contributed by atoms with Crippen LogP contribution in [0.5, 0.6) is 0 Å². The van der Waals surface area contributed by atoms with Crippen LogP contribution in [0.2, 0.25) is 0 Å². The Balaban J connectivity index is 2.10. The average molecular weight is 341 g/mol. The van der Waals surface area contributed by atoms with E-state index in [9.17, 15) is 9.59 Å². The van der Waals surface area contributed by atoms with Crippen LogP contribution < -0.4 is 0 Å². The average Bonchev–Trinajstić information content (AvgIpc) is 2.57. The molecule has 140 valence electrons. The second-order valence-electron chi connectivity index (χ2n) is 7.41. The fraction of sp³-hybridized carbons (Fsp3) is 0.900. The summed E-state index contributed by atoms with van der Waals surface area (Å²) in [6.07, 6.45) is 13.8. The molecule has 1 aliphatic carbocycles. The Kier molecular flexibility index (Phi) is 10.8. The molecule has 0 spiro atoms. The smallest absolute Gasteiger partial charge is 0.309 e. The molecule has 1 rings (SSSR count). The molecule has 0 aromatic carbocycles. The normalized spacial score (nSPS) is 22.1. The fourth-order valence-corrected chi connectivity index (χ4v) is 3.55. The maximum Gasteiger partial charge on any atom is 0.309 e. The number of esters is 1. The summed E-state index contributed by atoms with van der Waals surface area (Å²) in [6, 6.07) is 0. The molecule has 3 unspecified atom stereocenters. The van der Waals surface area contributed by atoms with Gasteiger partial charge in [0.1, 0.15) is 0 Å². The molecule has 3 atom stereocenters. The Morgan fingerprint density at radius 2 is 1.58 bits per heavy atom. The van der Waals surface area contributed by atoms with Gasteiger partial charge in [0.25, 0.3) is 0 Å². The molecule has 24 heavy (non-hydrogen) atoms. The Bertz CT molecular complexity index is 367. The van der Waals surface area contributed by atoms with Gasteiger partial charge >= 0.3 is 11.9 Å². The van der Waals surface area contributed by atoms with Crippen molar-refractivity contribution in [3.05, 3.63) is 0 Å². The number of carbonyl (C=O) groups is 2. The van der Waals surface area contributed by atoms with Crippen molar-refractivity contribution in [2.24, 2.45) is 11.8 Å². The van der Waals surface area contributed by atoms with Gasteiger partial charge in [0.15, 0.2) is 0 Å². The van der Waals surface area contributed by atoms with Gasteiger partial charge in [0, 0.05) is 0 Å². The van der Waals surface area contributed by atoms with Crippen LogP contribution >= 0.6 is 0 Å². The van der Waals surface area contributed by atoms with Gasteiger partial charge in [-0.1, -0.05) is 58.3 Å². The van der Waals surface area contributed by atoms with Crippen LogP contribution in [0.4, 0.5) is 0 Å². The van der Waals surface area contributed by atoms with Crippen molar-refractivity contribution in [3.8, 4) is 0 Å². The van der Waals surface area contributed by atoms with Gasteiger partial charge in [0.05, 0.1) is 17.9 Å². The van der Waals surface area contributed by atoms with E-state index in [4.69, 9.17) is 9.84 Å². The highest BCUT2D eigenvalue weighted by molar-refractivity contribution is 5.75. The summed E-state index contributed by atoms with van der Waals surface area (Å²) < 4.78 is 5.55. The summed E-state index contributed by atoms with van der Waals surface area (Å²) in [5, 5.41) is 9.10. The van der Waals surface area contributed by atoms with E-state index in [1.807, 2.05) is 6.92 Å². The summed E-state index contributed by atoms with van der Waals surface area (Å²) in [7, 11) is 0. The Labute approximate surface area is 147 Å². The van der Waals surface area contributed by atoms with Crippen LogP contribution in [0, 0.1) is 11.8 Å². The van der Waals surface area contributed by atoms with Crippen molar-refractivity contribution < 1.29 is 19.4 Å². The van der Waals surface area contributed by atoms with E-state index in [0.29, 0.717) is 12.8 Å². The van der Waals surface area contributed by atoms with Gasteiger partial charge in [0.2, 0.25) is 0 Å². The van der Waals surface area contributed by atoms with Crippen LogP contribution in [0.15, 0.2) is 0 Å². The van der Waals surface area contributed by atoms with E-state index in [-0.39, 0.29) is 23.9 Å². The standard InChI is InChI=1S/C20H36O4/c1-3-4-5-6-7-8-9-10-12-16(2)24-20(23)18-14-11-13-17(15-18)19(21)22/h16-18H,3-15H2,1-2H3,(H,21,22). The van der Waals surface area contributed by atoms with E-state index in [2.05, 4.69) is 6.92 Å². The van der Waals surface area contributed by atoms with Gasteiger partial charge in [-0.2, -0.15) is 0 Å². The number of rotatable bonds is 12. The number of carboxylic acid groups (broad SMARTS) is 1. The van der Waals surface area contributed by atoms with E-state index in [1.54, 1.807) is 0 Å². The predicted octanol–water partition coefficient (Wildman–Crippen LogP) is 5.34. The van der Waals surface area contributed by atoms with Gasteiger partial charge in [-0.05, 0) is 39.0 Å². The van der Waals surface area contributed by atoms with E-state index in [0.717, 1.165) is 25.7 Å². The minimum Gasteiger partial charge on any atom is -0.481 e. The monoisotopic (exact) mass is 340 g/mol. The van der Waals surface area contributed by atoms with Crippen LogP contribution in [0.25, 0.3) is 0 Å². The fourth-order valence-electron chi connectivity index (χ4n) is 3.55. The molecule has 1 aliphatic rings. The summed E-state index contributed by atoms with van der Waals surface area (Å²) in [4.78, 5) is 23.3.